The molecule has 0 aliphatic carbocycles. The highest BCUT2D eigenvalue weighted by Gasteiger charge is 2.11. The zero-order valence-corrected chi connectivity index (χ0v) is 14.0. The van der Waals surface area contributed by atoms with Gasteiger partial charge in [-0.2, -0.15) is 0 Å². The molecule has 0 aliphatic heterocycles. The smallest absolute Gasteiger partial charge is 0.268 e. The second kappa shape index (κ2) is 6.41. The first kappa shape index (κ1) is 15.4. The molecule has 0 atom stereocenters. The van der Waals surface area contributed by atoms with Crippen LogP contribution in [0.3, 0.4) is 0 Å². The molecule has 1 aromatic carbocycles. The Kier molecular flexibility index (Phi) is 3.95. The van der Waals surface area contributed by atoms with E-state index < -0.39 is 0 Å². The number of carbonyl (C=O) groups is 1. The molecule has 0 aliphatic rings. The average Bonchev–Trinajstić information content (AvgIpc) is 3.30. The lowest BCUT2D eigenvalue weighted by atomic mass is 10.1. The quantitative estimate of drug-likeness (QED) is 0.593. The number of fused-ring (bicyclic) bond motifs is 1. The maximum atomic E-state index is 12.4. The largest absolute Gasteiger partial charge is 0.347 e. The van der Waals surface area contributed by atoms with E-state index in [1.807, 2.05) is 52.7 Å². The number of carbonyl (C=O) groups excluding carboxylic acids is 1. The van der Waals surface area contributed by atoms with E-state index in [1.165, 1.54) is 0 Å². The zero-order chi connectivity index (χ0) is 17.2. The summed E-state index contributed by atoms with van der Waals surface area (Å²) in [5.41, 5.74) is 1.03. The second-order valence-electron chi connectivity index (χ2n) is 5.62. The van der Waals surface area contributed by atoms with Gasteiger partial charge in [0.1, 0.15) is 10.7 Å². The Morgan fingerprint density at radius 3 is 2.76 bits per heavy atom. The molecule has 0 saturated heterocycles. The zero-order valence-electron chi connectivity index (χ0n) is 13.2. The van der Waals surface area contributed by atoms with Gasteiger partial charge in [-0.1, -0.05) is 18.2 Å². The summed E-state index contributed by atoms with van der Waals surface area (Å²) in [4.78, 5) is 27.2. The van der Waals surface area contributed by atoms with Crippen molar-refractivity contribution >= 4 is 28.0 Å². The van der Waals surface area contributed by atoms with Gasteiger partial charge in [-0.25, -0.2) is 0 Å². The monoisotopic (exact) mass is 349 g/mol. The van der Waals surface area contributed by atoms with Crippen LogP contribution in [0.4, 0.5) is 0 Å². The van der Waals surface area contributed by atoms with Gasteiger partial charge < -0.3 is 14.9 Å². The normalized spacial score (nSPS) is 10.9. The summed E-state index contributed by atoms with van der Waals surface area (Å²) in [5, 5.41) is 7.27. The minimum atomic E-state index is -0.299. The highest BCUT2D eigenvalue weighted by atomic mass is 32.1. The molecule has 6 heteroatoms. The molecule has 0 bridgehead atoms. The Morgan fingerprint density at radius 1 is 1.12 bits per heavy atom. The molecule has 0 fully saturated rings. The van der Waals surface area contributed by atoms with Crippen LogP contribution in [0.25, 0.3) is 15.8 Å². The number of H-pyrrole nitrogens is 1. The standard InChI is InChI=1S/C19H15N3O2S/c23-17-15-6-2-1-5-13(15)11-16(21-17)18(24)20-12-14-7-10-25-19(14)22-8-3-4-9-22/h1-11H,12H2,(H,20,24)(H,21,23). The lowest BCUT2D eigenvalue weighted by Gasteiger charge is -2.08. The minimum absolute atomic E-state index is 0.258. The van der Waals surface area contributed by atoms with Crippen LogP contribution < -0.4 is 10.9 Å². The van der Waals surface area contributed by atoms with E-state index in [9.17, 15) is 9.59 Å². The first-order valence-electron chi connectivity index (χ1n) is 7.82. The maximum Gasteiger partial charge on any atom is 0.268 e. The van der Waals surface area contributed by atoms with Gasteiger partial charge >= 0.3 is 0 Å². The van der Waals surface area contributed by atoms with E-state index in [-0.39, 0.29) is 17.2 Å². The fraction of sp³-hybridized carbons (Fsp3) is 0.0526. The Morgan fingerprint density at radius 2 is 1.92 bits per heavy atom. The SMILES string of the molecule is O=C(NCc1ccsc1-n1cccc1)c1cc2ccccc2c(=O)[nH]1. The molecule has 3 aromatic heterocycles. The Labute approximate surface area is 147 Å². The number of nitrogens with zero attached hydrogens (tertiary/aromatic N) is 1. The molecule has 4 aromatic rings. The molecule has 1 amide bonds. The van der Waals surface area contributed by atoms with Crippen LogP contribution >= 0.6 is 11.3 Å². The summed E-state index contributed by atoms with van der Waals surface area (Å²) in [7, 11) is 0. The van der Waals surface area contributed by atoms with Gasteiger partial charge in [0.2, 0.25) is 0 Å². The van der Waals surface area contributed by atoms with Crippen LogP contribution in [0.2, 0.25) is 0 Å². The number of pyridine rings is 1. The number of nitrogens with one attached hydrogen (secondary N) is 2. The molecule has 124 valence electrons. The van der Waals surface area contributed by atoms with Gasteiger partial charge in [0, 0.05) is 29.9 Å². The number of benzene rings is 1. The van der Waals surface area contributed by atoms with Gasteiger partial charge in [-0.15, -0.1) is 11.3 Å². The molecular weight excluding hydrogens is 334 g/mol. The van der Waals surface area contributed by atoms with E-state index in [0.717, 1.165) is 16.0 Å². The Hall–Kier alpha value is -3.12. The third-order valence-electron chi connectivity index (χ3n) is 4.00. The van der Waals surface area contributed by atoms with Gasteiger partial charge in [0.15, 0.2) is 0 Å². The molecule has 0 radical (unpaired) electrons. The van der Waals surface area contributed by atoms with Gasteiger partial charge in [0.25, 0.3) is 11.5 Å². The van der Waals surface area contributed by atoms with Crippen molar-refractivity contribution in [1.82, 2.24) is 14.9 Å². The molecule has 0 saturated carbocycles. The number of hydrogen-bond donors (Lipinski definition) is 2. The van der Waals surface area contributed by atoms with Crippen molar-refractivity contribution in [1.29, 1.82) is 0 Å². The van der Waals surface area contributed by atoms with Crippen LogP contribution in [0.5, 0.6) is 0 Å². The Bertz CT molecular complexity index is 1090. The van der Waals surface area contributed by atoms with E-state index >= 15 is 0 Å². The topological polar surface area (TPSA) is 66.9 Å². The van der Waals surface area contributed by atoms with Crippen molar-refractivity contribution in [3.63, 3.8) is 0 Å². The lowest BCUT2D eigenvalue weighted by Crippen LogP contribution is -2.26. The highest BCUT2D eigenvalue weighted by molar-refractivity contribution is 7.12. The molecule has 25 heavy (non-hydrogen) atoms. The van der Waals surface area contributed by atoms with Crippen LogP contribution in [0.1, 0.15) is 16.1 Å². The predicted octanol–water partition coefficient (Wildman–Crippen LogP) is 3.31. The van der Waals surface area contributed by atoms with Crippen molar-refractivity contribution in [2.24, 2.45) is 0 Å². The van der Waals surface area contributed by atoms with Gasteiger partial charge in [-0.3, -0.25) is 9.59 Å². The summed E-state index contributed by atoms with van der Waals surface area (Å²) in [5.74, 6) is -0.299. The number of rotatable bonds is 4. The van der Waals surface area contributed by atoms with Crippen LogP contribution in [-0.4, -0.2) is 15.5 Å². The summed E-state index contributed by atoms with van der Waals surface area (Å²) >= 11 is 1.61. The highest BCUT2D eigenvalue weighted by Crippen LogP contribution is 2.21. The van der Waals surface area contributed by atoms with E-state index in [0.29, 0.717) is 11.9 Å². The molecule has 5 nitrogen and oxygen atoms in total. The first-order valence-corrected chi connectivity index (χ1v) is 8.70. The van der Waals surface area contributed by atoms with Crippen molar-refractivity contribution in [3.8, 4) is 5.00 Å². The third kappa shape index (κ3) is 2.99. The lowest BCUT2D eigenvalue weighted by molar-refractivity contribution is 0.0946. The number of thiophene rings is 1. The fourth-order valence-corrected chi connectivity index (χ4v) is 3.66. The first-order chi connectivity index (χ1) is 12.2. The van der Waals surface area contributed by atoms with Crippen LogP contribution in [-0.2, 0) is 6.54 Å². The third-order valence-corrected chi connectivity index (χ3v) is 4.97. The average molecular weight is 349 g/mol. The van der Waals surface area contributed by atoms with E-state index in [1.54, 1.807) is 29.5 Å². The van der Waals surface area contributed by atoms with Gasteiger partial charge in [-0.05, 0) is 41.1 Å². The summed E-state index contributed by atoms with van der Waals surface area (Å²) in [6.07, 6.45) is 3.94. The van der Waals surface area contributed by atoms with E-state index in [2.05, 4.69) is 10.3 Å². The van der Waals surface area contributed by atoms with Crippen molar-refractivity contribution in [2.45, 2.75) is 6.54 Å². The molecule has 0 spiro atoms. The number of aromatic amines is 1. The summed E-state index contributed by atoms with van der Waals surface area (Å²) < 4.78 is 2.02. The number of aromatic nitrogens is 2. The van der Waals surface area contributed by atoms with Crippen molar-refractivity contribution in [3.05, 3.63) is 87.9 Å². The molecule has 4 rings (SSSR count). The van der Waals surface area contributed by atoms with Crippen molar-refractivity contribution < 1.29 is 4.79 Å². The molecule has 0 unspecified atom stereocenters. The van der Waals surface area contributed by atoms with Crippen molar-refractivity contribution in [2.75, 3.05) is 0 Å². The van der Waals surface area contributed by atoms with E-state index in [4.69, 9.17) is 0 Å². The van der Waals surface area contributed by atoms with Gasteiger partial charge in [0.05, 0.1) is 0 Å². The molecule has 2 N–H and O–H groups in total. The summed E-state index contributed by atoms with van der Waals surface area (Å²) in [6, 6.07) is 14.8. The number of hydrogen-bond acceptors (Lipinski definition) is 3. The van der Waals surface area contributed by atoms with Crippen LogP contribution in [0, 0.1) is 0 Å². The summed E-state index contributed by atoms with van der Waals surface area (Å²) in [6.45, 7) is 0.394. The molecule has 3 heterocycles. The molecular formula is C19H15N3O2S. The van der Waals surface area contributed by atoms with Crippen LogP contribution in [0.15, 0.2) is 71.1 Å². The number of amides is 1. The fourth-order valence-electron chi connectivity index (χ4n) is 2.76. The minimum Gasteiger partial charge on any atom is -0.347 e. The second-order valence-corrected chi connectivity index (χ2v) is 6.52. The predicted molar refractivity (Wildman–Crippen MR) is 99.4 cm³/mol. The maximum absolute atomic E-state index is 12.4. The Balaban J connectivity index is 1.56.